The van der Waals surface area contributed by atoms with E-state index in [-0.39, 0.29) is 24.3 Å². The number of carbonyl (C=O) groups excluding carboxylic acids is 3. The van der Waals surface area contributed by atoms with Crippen LogP contribution in [0.5, 0.6) is 0 Å². The van der Waals surface area contributed by atoms with E-state index in [0.717, 1.165) is 24.2 Å². The fourth-order valence-electron chi connectivity index (χ4n) is 5.57. The minimum absolute atomic E-state index is 0.0191. The summed E-state index contributed by atoms with van der Waals surface area (Å²) in [6.07, 6.45) is 0.934. The largest absolute Gasteiger partial charge is 0.353 e. The molecular formula is C29H36N4O4. The molecule has 0 bridgehead atoms. The van der Waals surface area contributed by atoms with Crippen molar-refractivity contribution in [2.45, 2.75) is 38.5 Å². The normalized spacial score (nSPS) is 21.9. The van der Waals surface area contributed by atoms with Crippen LogP contribution < -0.4 is 0 Å². The number of likely N-dealkylation sites (N-methyl/N-ethyl adjacent to an activating group) is 1. The molecule has 5 rings (SSSR count). The van der Waals surface area contributed by atoms with Crippen molar-refractivity contribution >= 4 is 17.7 Å². The highest BCUT2D eigenvalue weighted by Crippen LogP contribution is 2.39. The summed E-state index contributed by atoms with van der Waals surface area (Å²) in [4.78, 5) is 48.3. The van der Waals surface area contributed by atoms with Gasteiger partial charge in [0.1, 0.15) is 11.8 Å². The van der Waals surface area contributed by atoms with E-state index in [1.54, 1.807) is 4.90 Å². The Bertz CT molecular complexity index is 1150. The van der Waals surface area contributed by atoms with Crippen molar-refractivity contribution < 1.29 is 19.1 Å². The number of nitrogens with zero attached hydrogens (tertiary/aromatic N) is 4. The van der Waals surface area contributed by atoms with Gasteiger partial charge in [-0.05, 0) is 45.2 Å². The Morgan fingerprint density at radius 2 is 1.24 bits per heavy atom. The summed E-state index contributed by atoms with van der Waals surface area (Å²) in [5.41, 5.74) is 2.47. The van der Waals surface area contributed by atoms with Crippen LogP contribution >= 0.6 is 0 Å². The second-order valence-corrected chi connectivity index (χ2v) is 10.6. The Morgan fingerprint density at radius 1 is 0.730 bits per heavy atom. The molecule has 2 aromatic carbocycles. The van der Waals surface area contributed by atoms with Gasteiger partial charge in [0.25, 0.3) is 11.8 Å². The molecule has 3 amide bonds. The van der Waals surface area contributed by atoms with Crippen LogP contribution in [0.15, 0.2) is 48.5 Å². The molecule has 37 heavy (non-hydrogen) atoms. The molecule has 3 saturated heterocycles. The number of aryl methyl sites for hydroxylation is 2. The van der Waals surface area contributed by atoms with Gasteiger partial charge in [0, 0.05) is 63.2 Å². The van der Waals surface area contributed by atoms with Crippen LogP contribution in [0.2, 0.25) is 0 Å². The lowest BCUT2D eigenvalue weighted by Gasteiger charge is -2.45. The molecule has 3 aliphatic rings. The van der Waals surface area contributed by atoms with Gasteiger partial charge in [0.15, 0.2) is 0 Å². The first-order chi connectivity index (χ1) is 17.8. The Morgan fingerprint density at radius 3 is 1.78 bits per heavy atom. The van der Waals surface area contributed by atoms with E-state index in [9.17, 15) is 14.4 Å². The molecule has 0 radical (unpaired) electrons. The van der Waals surface area contributed by atoms with E-state index in [4.69, 9.17) is 4.74 Å². The van der Waals surface area contributed by atoms with E-state index in [1.165, 1.54) is 0 Å². The molecule has 0 N–H and O–H groups in total. The number of ether oxygens (including phenoxy) is 1. The van der Waals surface area contributed by atoms with E-state index < -0.39 is 11.8 Å². The van der Waals surface area contributed by atoms with Crippen molar-refractivity contribution in [2.24, 2.45) is 0 Å². The molecule has 3 aliphatic heterocycles. The maximum Gasteiger partial charge on any atom is 0.256 e. The lowest BCUT2D eigenvalue weighted by molar-refractivity contribution is -0.139. The average molecular weight is 505 g/mol. The van der Waals surface area contributed by atoms with Crippen molar-refractivity contribution in [2.75, 3.05) is 52.9 Å². The third kappa shape index (κ3) is 5.00. The second-order valence-electron chi connectivity index (χ2n) is 10.6. The third-order valence-corrected chi connectivity index (χ3v) is 8.01. The Balaban J connectivity index is 1.38. The molecular weight excluding hydrogens is 468 g/mol. The van der Waals surface area contributed by atoms with Gasteiger partial charge < -0.3 is 19.4 Å². The van der Waals surface area contributed by atoms with E-state index >= 15 is 0 Å². The zero-order valence-electron chi connectivity index (χ0n) is 22.0. The monoisotopic (exact) mass is 504 g/mol. The number of likely N-dealkylation sites (tertiary alicyclic amines) is 1. The summed E-state index contributed by atoms with van der Waals surface area (Å²) in [5.74, 6) is -0.263. The second kappa shape index (κ2) is 10.3. The molecule has 1 spiro atoms. The molecule has 0 aliphatic carbocycles. The van der Waals surface area contributed by atoms with Crippen LogP contribution in [0.4, 0.5) is 0 Å². The number of hydrogen-bond donors (Lipinski definition) is 0. The minimum atomic E-state index is -0.904. The van der Waals surface area contributed by atoms with Gasteiger partial charge in [-0.1, -0.05) is 35.4 Å². The summed E-state index contributed by atoms with van der Waals surface area (Å²) in [6.45, 7) is 7.98. The van der Waals surface area contributed by atoms with Crippen molar-refractivity contribution in [3.63, 3.8) is 0 Å². The van der Waals surface area contributed by atoms with Gasteiger partial charge in [-0.15, -0.1) is 0 Å². The molecule has 3 fully saturated rings. The van der Waals surface area contributed by atoms with Crippen molar-refractivity contribution in [1.29, 1.82) is 0 Å². The van der Waals surface area contributed by atoms with Gasteiger partial charge in [-0.2, -0.15) is 0 Å². The summed E-state index contributed by atoms with van der Waals surface area (Å²) in [5, 5.41) is 0. The van der Waals surface area contributed by atoms with Crippen molar-refractivity contribution in [3.05, 3.63) is 70.8 Å². The highest BCUT2D eigenvalue weighted by atomic mass is 16.5. The highest BCUT2D eigenvalue weighted by molar-refractivity contribution is 5.98. The predicted octanol–water partition coefficient (Wildman–Crippen LogP) is 2.55. The number of piperazine rings is 1. The molecule has 2 aromatic rings. The molecule has 8 nitrogen and oxygen atoms in total. The number of amides is 3. The minimum Gasteiger partial charge on any atom is -0.353 e. The fraction of sp³-hybridized carbons (Fsp3) is 0.483. The quantitative estimate of drug-likeness (QED) is 0.643. The zero-order valence-corrected chi connectivity index (χ0v) is 22.0. The van der Waals surface area contributed by atoms with Gasteiger partial charge in [0.2, 0.25) is 5.91 Å². The Kier molecular flexibility index (Phi) is 7.05. The lowest BCUT2D eigenvalue weighted by Crippen LogP contribution is -2.61. The van der Waals surface area contributed by atoms with Crippen LogP contribution in [-0.4, -0.2) is 102 Å². The highest BCUT2D eigenvalue weighted by Gasteiger charge is 2.55. The van der Waals surface area contributed by atoms with Gasteiger partial charge in [-0.25, -0.2) is 0 Å². The standard InChI is InChI=1S/C29H36N4O4/c1-21-4-8-23(9-5-21)26(34)31-14-12-29(13-15-31)33(27(35)24-10-6-22(2)7-11-24)25(20-37-29)28(36)32-18-16-30(3)17-19-32/h4-11,25H,12-20H2,1-3H3. The van der Waals surface area contributed by atoms with Crippen molar-refractivity contribution in [3.8, 4) is 0 Å². The Labute approximate surface area is 218 Å². The number of carbonyl (C=O) groups is 3. The van der Waals surface area contributed by atoms with E-state index in [0.29, 0.717) is 50.1 Å². The summed E-state index contributed by atoms with van der Waals surface area (Å²) in [6, 6.07) is 14.4. The maximum absolute atomic E-state index is 13.9. The average Bonchev–Trinajstić information content (AvgIpc) is 3.27. The first kappa shape index (κ1) is 25.4. The smallest absolute Gasteiger partial charge is 0.256 e. The molecule has 0 aromatic heterocycles. The first-order valence-electron chi connectivity index (χ1n) is 13.1. The molecule has 1 unspecified atom stereocenters. The van der Waals surface area contributed by atoms with Crippen LogP contribution in [0.1, 0.15) is 44.7 Å². The molecule has 0 saturated carbocycles. The molecule has 8 heteroatoms. The lowest BCUT2D eigenvalue weighted by atomic mass is 9.95. The summed E-state index contributed by atoms with van der Waals surface area (Å²) in [7, 11) is 2.05. The SMILES string of the molecule is Cc1ccc(C(=O)N2CCC3(CC2)OCC(C(=O)N2CCN(C)CC2)N3C(=O)c2ccc(C)cc2)cc1. The predicted molar refractivity (Wildman–Crippen MR) is 140 cm³/mol. The molecule has 196 valence electrons. The maximum atomic E-state index is 13.9. The van der Waals surface area contributed by atoms with Gasteiger partial charge >= 0.3 is 0 Å². The summed E-state index contributed by atoms with van der Waals surface area (Å²) >= 11 is 0. The van der Waals surface area contributed by atoms with Crippen LogP contribution in [-0.2, 0) is 9.53 Å². The third-order valence-electron chi connectivity index (χ3n) is 8.01. The molecule has 1 atom stereocenters. The molecule has 3 heterocycles. The first-order valence-corrected chi connectivity index (χ1v) is 13.1. The number of piperidine rings is 1. The van der Waals surface area contributed by atoms with Crippen molar-refractivity contribution in [1.82, 2.24) is 19.6 Å². The van der Waals surface area contributed by atoms with Crippen LogP contribution in [0.25, 0.3) is 0 Å². The van der Waals surface area contributed by atoms with Crippen LogP contribution in [0.3, 0.4) is 0 Å². The number of benzene rings is 2. The van der Waals surface area contributed by atoms with E-state index in [2.05, 4.69) is 4.90 Å². The van der Waals surface area contributed by atoms with Crippen LogP contribution in [0, 0.1) is 13.8 Å². The Hall–Kier alpha value is -3.23. The van der Waals surface area contributed by atoms with Gasteiger partial charge in [-0.3, -0.25) is 19.3 Å². The van der Waals surface area contributed by atoms with E-state index in [1.807, 2.05) is 79.2 Å². The topological polar surface area (TPSA) is 73.4 Å². The fourth-order valence-corrected chi connectivity index (χ4v) is 5.57. The summed E-state index contributed by atoms with van der Waals surface area (Å²) < 4.78 is 6.36. The number of hydrogen-bond acceptors (Lipinski definition) is 5. The zero-order chi connectivity index (χ0) is 26.2. The van der Waals surface area contributed by atoms with Gasteiger partial charge in [0.05, 0.1) is 6.61 Å². The number of rotatable bonds is 3.